The largest absolute Gasteiger partial charge is 0.379 e. The van der Waals surface area contributed by atoms with Crippen LogP contribution in [0.15, 0.2) is 28.8 Å². The molecule has 28 heavy (non-hydrogen) atoms. The van der Waals surface area contributed by atoms with E-state index in [-0.39, 0.29) is 11.3 Å². The van der Waals surface area contributed by atoms with Crippen LogP contribution in [0.2, 0.25) is 0 Å². The van der Waals surface area contributed by atoms with E-state index in [1.807, 2.05) is 18.7 Å². The molecular weight excluding hydrogens is 354 g/mol. The van der Waals surface area contributed by atoms with Gasteiger partial charge in [-0.15, -0.1) is 0 Å². The maximum atomic E-state index is 12.8. The van der Waals surface area contributed by atoms with Crippen LogP contribution in [0.25, 0.3) is 0 Å². The monoisotopic (exact) mass is 383 g/mol. The van der Waals surface area contributed by atoms with E-state index in [2.05, 4.69) is 41.2 Å². The molecule has 2 aliphatic heterocycles. The van der Waals surface area contributed by atoms with Crippen molar-refractivity contribution in [2.45, 2.75) is 40.3 Å². The first kappa shape index (κ1) is 19.2. The van der Waals surface area contributed by atoms with Gasteiger partial charge >= 0.3 is 0 Å². The number of aromatic nitrogens is 1. The van der Waals surface area contributed by atoms with Gasteiger partial charge in [-0.05, 0) is 31.9 Å². The molecular formula is C22H29N3O3. The van der Waals surface area contributed by atoms with Crippen LogP contribution in [-0.4, -0.2) is 53.7 Å². The molecule has 1 aromatic carbocycles. The number of aryl methyl sites for hydroxylation is 3. The fraction of sp³-hybridized carbons (Fsp3) is 0.545. The van der Waals surface area contributed by atoms with Crippen LogP contribution in [0.1, 0.15) is 34.6 Å². The number of likely N-dealkylation sites (tertiary alicyclic amines) is 1. The zero-order chi connectivity index (χ0) is 19.7. The predicted molar refractivity (Wildman–Crippen MR) is 106 cm³/mol. The molecule has 3 heterocycles. The Hall–Kier alpha value is -2.18. The number of benzene rings is 1. The zero-order valence-corrected chi connectivity index (χ0v) is 17.0. The van der Waals surface area contributed by atoms with Gasteiger partial charge < -0.3 is 14.2 Å². The fourth-order valence-electron chi connectivity index (χ4n) is 4.49. The number of ether oxygens (including phenoxy) is 1. The molecule has 0 saturated carbocycles. The lowest BCUT2D eigenvalue weighted by molar-refractivity contribution is -0.128. The van der Waals surface area contributed by atoms with E-state index in [1.165, 1.54) is 11.1 Å². The van der Waals surface area contributed by atoms with Crippen molar-refractivity contribution in [3.8, 4) is 0 Å². The van der Waals surface area contributed by atoms with Gasteiger partial charge in [-0.1, -0.05) is 29.4 Å². The summed E-state index contributed by atoms with van der Waals surface area (Å²) in [6.45, 7) is 11.3. The van der Waals surface area contributed by atoms with Crippen LogP contribution in [0.3, 0.4) is 0 Å². The fourth-order valence-corrected chi connectivity index (χ4v) is 4.49. The van der Waals surface area contributed by atoms with Crippen molar-refractivity contribution in [2.75, 3.05) is 32.8 Å². The molecule has 1 aromatic heterocycles. The van der Waals surface area contributed by atoms with E-state index in [0.717, 1.165) is 43.2 Å². The summed E-state index contributed by atoms with van der Waals surface area (Å²) in [5, 5.41) is 4.02. The van der Waals surface area contributed by atoms with Crippen molar-refractivity contribution < 1.29 is 14.1 Å². The average molecular weight is 383 g/mol. The van der Waals surface area contributed by atoms with E-state index in [1.54, 1.807) is 0 Å². The molecule has 2 aromatic rings. The number of carbonyl (C=O) groups excluding carboxylic acids is 1. The van der Waals surface area contributed by atoms with Crippen LogP contribution >= 0.6 is 0 Å². The molecule has 1 atom stereocenters. The Kier molecular flexibility index (Phi) is 5.25. The van der Waals surface area contributed by atoms with E-state index in [9.17, 15) is 4.79 Å². The average Bonchev–Trinajstić information content (AvgIpc) is 3.05. The van der Waals surface area contributed by atoms with Crippen molar-refractivity contribution in [1.82, 2.24) is 15.0 Å². The number of nitrogens with zero attached hydrogens (tertiary/aromatic N) is 3. The van der Waals surface area contributed by atoms with Gasteiger partial charge in [0.2, 0.25) is 5.91 Å². The predicted octanol–water partition coefficient (Wildman–Crippen LogP) is 2.85. The topological polar surface area (TPSA) is 58.8 Å². The highest BCUT2D eigenvalue weighted by Gasteiger charge is 2.45. The normalized spacial score (nSPS) is 23.5. The SMILES string of the molecule is Cc1ccccc1CN1CCOC[C@@]2(CC(=O)N(Cc3c(C)noc3C)C2)C1. The Morgan fingerprint density at radius 3 is 2.71 bits per heavy atom. The Morgan fingerprint density at radius 1 is 1.14 bits per heavy atom. The Bertz CT molecular complexity index is 843. The number of carbonyl (C=O) groups is 1. The first-order valence-electron chi connectivity index (χ1n) is 10.00. The summed E-state index contributed by atoms with van der Waals surface area (Å²) in [5.41, 5.74) is 4.40. The number of rotatable bonds is 4. The molecule has 2 saturated heterocycles. The van der Waals surface area contributed by atoms with Crippen LogP contribution in [-0.2, 0) is 22.6 Å². The highest BCUT2D eigenvalue weighted by atomic mass is 16.5. The molecule has 0 radical (unpaired) electrons. The van der Waals surface area contributed by atoms with Crippen molar-refractivity contribution in [3.05, 3.63) is 52.4 Å². The van der Waals surface area contributed by atoms with Gasteiger partial charge in [0.25, 0.3) is 0 Å². The molecule has 6 nitrogen and oxygen atoms in total. The van der Waals surface area contributed by atoms with Gasteiger partial charge in [-0.25, -0.2) is 0 Å². The standard InChI is InChI=1S/C22H29N3O3/c1-16-6-4-5-7-19(16)11-24-8-9-27-15-22(13-24)10-21(26)25(14-22)12-20-17(2)23-28-18(20)3/h4-7H,8-15H2,1-3H3/t22-/m0/s1. The highest BCUT2D eigenvalue weighted by Crippen LogP contribution is 2.36. The first-order valence-corrected chi connectivity index (χ1v) is 10.00. The summed E-state index contributed by atoms with van der Waals surface area (Å²) in [6.07, 6.45) is 0.542. The quantitative estimate of drug-likeness (QED) is 0.813. The minimum atomic E-state index is -0.144. The molecule has 0 bridgehead atoms. The molecule has 4 rings (SSSR count). The molecule has 0 unspecified atom stereocenters. The summed E-state index contributed by atoms with van der Waals surface area (Å²) in [4.78, 5) is 17.2. The Morgan fingerprint density at radius 2 is 1.96 bits per heavy atom. The first-order chi connectivity index (χ1) is 13.5. The van der Waals surface area contributed by atoms with E-state index in [0.29, 0.717) is 26.2 Å². The Balaban J connectivity index is 1.49. The highest BCUT2D eigenvalue weighted by molar-refractivity contribution is 5.79. The molecule has 1 spiro atoms. The second-order valence-corrected chi connectivity index (χ2v) is 8.42. The molecule has 0 N–H and O–H groups in total. The lowest BCUT2D eigenvalue weighted by Crippen LogP contribution is -2.40. The smallest absolute Gasteiger partial charge is 0.223 e. The van der Waals surface area contributed by atoms with Gasteiger partial charge in [0.15, 0.2) is 0 Å². The molecule has 2 fully saturated rings. The van der Waals surface area contributed by atoms with E-state index < -0.39 is 0 Å². The summed E-state index contributed by atoms with van der Waals surface area (Å²) < 4.78 is 11.2. The number of hydrogen-bond acceptors (Lipinski definition) is 5. The zero-order valence-electron chi connectivity index (χ0n) is 17.0. The van der Waals surface area contributed by atoms with Crippen molar-refractivity contribution in [2.24, 2.45) is 5.41 Å². The second-order valence-electron chi connectivity index (χ2n) is 8.42. The molecule has 150 valence electrons. The van der Waals surface area contributed by atoms with Gasteiger partial charge in [0.1, 0.15) is 5.76 Å². The number of hydrogen-bond donors (Lipinski definition) is 0. The summed E-state index contributed by atoms with van der Waals surface area (Å²) in [6, 6.07) is 8.52. The lowest BCUT2D eigenvalue weighted by Gasteiger charge is -2.31. The maximum Gasteiger partial charge on any atom is 0.223 e. The van der Waals surface area contributed by atoms with E-state index in [4.69, 9.17) is 9.26 Å². The molecule has 1 amide bonds. The minimum Gasteiger partial charge on any atom is -0.379 e. The third kappa shape index (κ3) is 3.84. The summed E-state index contributed by atoms with van der Waals surface area (Å²) >= 11 is 0. The van der Waals surface area contributed by atoms with Crippen molar-refractivity contribution >= 4 is 5.91 Å². The summed E-state index contributed by atoms with van der Waals surface area (Å²) in [5.74, 6) is 0.992. The molecule has 2 aliphatic rings. The van der Waals surface area contributed by atoms with Crippen molar-refractivity contribution in [3.63, 3.8) is 0 Å². The molecule has 6 heteroatoms. The lowest BCUT2D eigenvalue weighted by atomic mass is 9.87. The molecule has 0 aliphatic carbocycles. The van der Waals surface area contributed by atoms with Gasteiger partial charge in [0.05, 0.1) is 25.5 Å². The number of amides is 1. The second kappa shape index (κ2) is 7.68. The van der Waals surface area contributed by atoms with Crippen LogP contribution in [0.4, 0.5) is 0 Å². The maximum absolute atomic E-state index is 12.8. The summed E-state index contributed by atoms with van der Waals surface area (Å²) in [7, 11) is 0. The third-order valence-corrected chi connectivity index (χ3v) is 6.11. The minimum absolute atomic E-state index is 0.144. The van der Waals surface area contributed by atoms with Crippen LogP contribution < -0.4 is 0 Å². The van der Waals surface area contributed by atoms with Gasteiger partial charge in [-0.3, -0.25) is 9.69 Å². The van der Waals surface area contributed by atoms with Gasteiger partial charge in [-0.2, -0.15) is 0 Å². The van der Waals surface area contributed by atoms with E-state index >= 15 is 0 Å². The Labute approximate surface area is 166 Å². The third-order valence-electron chi connectivity index (χ3n) is 6.11. The van der Waals surface area contributed by atoms with Crippen LogP contribution in [0.5, 0.6) is 0 Å². The van der Waals surface area contributed by atoms with Crippen LogP contribution in [0, 0.1) is 26.2 Å². The van der Waals surface area contributed by atoms with Gasteiger partial charge in [0, 0.05) is 43.6 Å². The van der Waals surface area contributed by atoms with Crippen molar-refractivity contribution in [1.29, 1.82) is 0 Å².